The third-order valence-corrected chi connectivity index (χ3v) is 6.23. The Kier molecular flexibility index (Phi) is 4.74. The molecule has 2 amide bonds. The van der Waals surface area contributed by atoms with Crippen molar-refractivity contribution in [2.45, 2.75) is 64.7 Å². The molecule has 2 saturated heterocycles. The van der Waals surface area contributed by atoms with Gasteiger partial charge in [-0.3, -0.25) is 9.59 Å². The van der Waals surface area contributed by atoms with Crippen molar-refractivity contribution in [1.82, 2.24) is 9.80 Å². The van der Waals surface area contributed by atoms with Gasteiger partial charge in [0.15, 0.2) is 0 Å². The van der Waals surface area contributed by atoms with Crippen molar-refractivity contribution in [2.75, 3.05) is 26.2 Å². The van der Waals surface area contributed by atoms with E-state index in [0.717, 1.165) is 32.5 Å². The van der Waals surface area contributed by atoms with Gasteiger partial charge in [0, 0.05) is 32.6 Å². The fourth-order valence-corrected chi connectivity index (χ4v) is 4.71. The molecule has 0 aromatic heterocycles. The largest absolute Gasteiger partial charge is 0.342 e. The lowest BCUT2D eigenvalue weighted by molar-refractivity contribution is -0.142. The molecule has 1 spiro atoms. The maximum absolute atomic E-state index is 12.8. The van der Waals surface area contributed by atoms with Gasteiger partial charge in [0.25, 0.3) is 0 Å². The summed E-state index contributed by atoms with van der Waals surface area (Å²) in [7, 11) is 0. The van der Waals surface area contributed by atoms with Gasteiger partial charge < -0.3 is 9.80 Å². The molecule has 124 valence electrons. The zero-order valence-electron chi connectivity index (χ0n) is 14.0. The smallest absolute Gasteiger partial charge is 0.227 e. The number of piperidine rings is 2. The Labute approximate surface area is 134 Å². The number of hydrogen-bond acceptors (Lipinski definition) is 2. The van der Waals surface area contributed by atoms with E-state index in [2.05, 4.69) is 4.90 Å². The van der Waals surface area contributed by atoms with Crippen LogP contribution in [-0.4, -0.2) is 47.8 Å². The van der Waals surface area contributed by atoms with Crippen LogP contribution in [0.2, 0.25) is 0 Å². The summed E-state index contributed by atoms with van der Waals surface area (Å²) >= 11 is 0. The van der Waals surface area contributed by atoms with Crippen LogP contribution in [0.25, 0.3) is 0 Å². The number of hydrogen-bond donors (Lipinski definition) is 0. The van der Waals surface area contributed by atoms with E-state index in [9.17, 15) is 9.59 Å². The molecular weight excluding hydrogens is 276 g/mol. The maximum Gasteiger partial charge on any atom is 0.227 e. The highest BCUT2D eigenvalue weighted by Gasteiger charge is 2.39. The number of carbonyl (C=O) groups is 2. The first-order chi connectivity index (χ1) is 10.6. The normalized spacial score (nSPS) is 28.1. The molecule has 0 aromatic carbocycles. The molecule has 1 atom stereocenters. The van der Waals surface area contributed by atoms with Crippen LogP contribution in [0.3, 0.4) is 0 Å². The summed E-state index contributed by atoms with van der Waals surface area (Å²) in [6.07, 6.45) is 10.4. The molecule has 0 radical (unpaired) electrons. The first kappa shape index (κ1) is 15.8. The molecule has 1 aliphatic carbocycles. The second kappa shape index (κ2) is 6.59. The second-order valence-electron chi connectivity index (χ2n) is 7.56. The Bertz CT molecular complexity index is 419. The standard InChI is InChI=1S/C18H30N2O2/c1-2-16(21)20-11-5-6-15(14-20)17(22)19-12-9-18(10-13-19)7-3-4-8-18/h15H,2-14H2,1H3. The highest BCUT2D eigenvalue weighted by atomic mass is 16.2. The van der Waals surface area contributed by atoms with E-state index in [-0.39, 0.29) is 11.8 Å². The number of amides is 2. The molecule has 2 heterocycles. The molecule has 3 fully saturated rings. The Morgan fingerprint density at radius 2 is 1.64 bits per heavy atom. The third-order valence-electron chi connectivity index (χ3n) is 6.23. The molecule has 3 aliphatic rings. The van der Waals surface area contributed by atoms with Gasteiger partial charge in [0.2, 0.25) is 11.8 Å². The average Bonchev–Trinajstić information content (AvgIpc) is 3.02. The topological polar surface area (TPSA) is 40.6 Å². The van der Waals surface area contributed by atoms with Crippen molar-refractivity contribution in [1.29, 1.82) is 0 Å². The molecule has 2 aliphatic heterocycles. The van der Waals surface area contributed by atoms with E-state index in [1.165, 1.54) is 38.5 Å². The van der Waals surface area contributed by atoms with Crippen molar-refractivity contribution in [3.05, 3.63) is 0 Å². The number of carbonyl (C=O) groups excluding carboxylic acids is 2. The van der Waals surface area contributed by atoms with Gasteiger partial charge in [-0.2, -0.15) is 0 Å². The molecule has 1 saturated carbocycles. The minimum atomic E-state index is 0.0434. The van der Waals surface area contributed by atoms with Crippen LogP contribution in [0.4, 0.5) is 0 Å². The summed E-state index contributed by atoms with van der Waals surface area (Å²) in [5.41, 5.74) is 0.563. The van der Waals surface area contributed by atoms with E-state index >= 15 is 0 Å². The molecule has 4 nitrogen and oxygen atoms in total. The first-order valence-electron chi connectivity index (χ1n) is 9.20. The second-order valence-corrected chi connectivity index (χ2v) is 7.56. The van der Waals surface area contributed by atoms with Crippen LogP contribution >= 0.6 is 0 Å². The molecule has 3 rings (SSSR count). The fraction of sp³-hybridized carbons (Fsp3) is 0.889. The highest BCUT2D eigenvalue weighted by molar-refractivity contribution is 5.81. The van der Waals surface area contributed by atoms with E-state index < -0.39 is 0 Å². The van der Waals surface area contributed by atoms with Gasteiger partial charge in [0.1, 0.15) is 0 Å². The van der Waals surface area contributed by atoms with Crippen molar-refractivity contribution in [3.63, 3.8) is 0 Å². The van der Waals surface area contributed by atoms with E-state index in [1.807, 2.05) is 11.8 Å². The lowest BCUT2D eigenvalue weighted by Gasteiger charge is -2.42. The van der Waals surface area contributed by atoms with Gasteiger partial charge in [-0.25, -0.2) is 0 Å². The summed E-state index contributed by atoms with van der Waals surface area (Å²) < 4.78 is 0. The van der Waals surface area contributed by atoms with E-state index in [0.29, 0.717) is 24.3 Å². The third kappa shape index (κ3) is 3.16. The Balaban J connectivity index is 1.54. The Hall–Kier alpha value is -1.06. The first-order valence-corrected chi connectivity index (χ1v) is 9.20. The number of rotatable bonds is 2. The van der Waals surface area contributed by atoms with Gasteiger partial charge in [-0.15, -0.1) is 0 Å². The molecule has 1 unspecified atom stereocenters. The van der Waals surface area contributed by atoms with E-state index in [4.69, 9.17) is 0 Å². The summed E-state index contributed by atoms with van der Waals surface area (Å²) in [4.78, 5) is 28.7. The zero-order chi connectivity index (χ0) is 15.6. The molecule has 0 bridgehead atoms. The van der Waals surface area contributed by atoms with Crippen molar-refractivity contribution < 1.29 is 9.59 Å². The van der Waals surface area contributed by atoms with Crippen LogP contribution in [0.15, 0.2) is 0 Å². The summed E-state index contributed by atoms with van der Waals surface area (Å²) in [6.45, 7) is 5.26. The minimum absolute atomic E-state index is 0.0434. The van der Waals surface area contributed by atoms with Crippen LogP contribution in [0.1, 0.15) is 64.7 Å². The van der Waals surface area contributed by atoms with Gasteiger partial charge in [-0.05, 0) is 43.9 Å². The van der Waals surface area contributed by atoms with Gasteiger partial charge >= 0.3 is 0 Å². The zero-order valence-corrected chi connectivity index (χ0v) is 14.0. The SMILES string of the molecule is CCC(=O)N1CCCC(C(=O)N2CCC3(CCCC3)CC2)C1. The molecule has 4 heteroatoms. The Morgan fingerprint density at radius 3 is 2.27 bits per heavy atom. The summed E-state index contributed by atoms with van der Waals surface area (Å²) in [5, 5.41) is 0. The van der Waals surface area contributed by atoms with Crippen LogP contribution < -0.4 is 0 Å². The average molecular weight is 306 g/mol. The fourth-order valence-electron chi connectivity index (χ4n) is 4.71. The number of nitrogens with zero attached hydrogens (tertiary/aromatic N) is 2. The predicted molar refractivity (Wildman–Crippen MR) is 86.3 cm³/mol. The molecular formula is C18H30N2O2. The van der Waals surface area contributed by atoms with E-state index in [1.54, 1.807) is 0 Å². The van der Waals surface area contributed by atoms with Crippen molar-refractivity contribution in [2.24, 2.45) is 11.3 Å². The highest BCUT2D eigenvalue weighted by Crippen LogP contribution is 2.46. The van der Waals surface area contributed by atoms with Crippen LogP contribution in [0.5, 0.6) is 0 Å². The van der Waals surface area contributed by atoms with Gasteiger partial charge in [0.05, 0.1) is 5.92 Å². The quantitative estimate of drug-likeness (QED) is 0.787. The maximum atomic E-state index is 12.8. The van der Waals surface area contributed by atoms with Crippen LogP contribution in [0, 0.1) is 11.3 Å². The Morgan fingerprint density at radius 1 is 0.955 bits per heavy atom. The predicted octanol–water partition coefficient (Wildman–Crippen LogP) is 2.82. The summed E-state index contributed by atoms with van der Waals surface area (Å²) in [5.74, 6) is 0.546. The van der Waals surface area contributed by atoms with Crippen LogP contribution in [-0.2, 0) is 9.59 Å². The van der Waals surface area contributed by atoms with Crippen molar-refractivity contribution >= 4 is 11.8 Å². The molecule has 0 aromatic rings. The minimum Gasteiger partial charge on any atom is -0.342 e. The lowest BCUT2D eigenvalue weighted by Crippen LogP contribution is -2.49. The van der Waals surface area contributed by atoms with Crippen molar-refractivity contribution in [3.8, 4) is 0 Å². The molecule has 22 heavy (non-hydrogen) atoms. The lowest BCUT2D eigenvalue weighted by atomic mass is 9.77. The number of likely N-dealkylation sites (tertiary alicyclic amines) is 2. The summed E-state index contributed by atoms with van der Waals surface area (Å²) in [6, 6.07) is 0. The van der Waals surface area contributed by atoms with Gasteiger partial charge in [-0.1, -0.05) is 19.8 Å². The monoisotopic (exact) mass is 306 g/mol. The molecule has 0 N–H and O–H groups in total.